The Morgan fingerprint density at radius 1 is 1.45 bits per heavy atom. The van der Waals surface area contributed by atoms with Crippen LogP contribution in [0.25, 0.3) is 0 Å². The predicted molar refractivity (Wildman–Crippen MR) is 77.5 cm³/mol. The van der Waals surface area contributed by atoms with E-state index in [4.69, 9.17) is 0 Å². The molecule has 2 N–H and O–H groups in total. The van der Waals surface area contributed by atoms with Crippen LogP contribution in [0.5, 0.6) is 0 Å². The number of aromatic nitrogens is 1. The molecule has 1 aliphatic heterocycles. The number of rotatable bonds is 1. The van der Waals surface area contributed by atoms with Gasteiger partial charge in [-0.25, -0.2) is 0 Å². The second kappa shape index (κ2) is 4.62. The minimum absolute atomic E-state index is 0.0834. The Hall–Kier alpha value is -1.29. The van der Waals surface area contributed by atoms with E-state index < -0.39 is 6.10 Å². The third-order valence-corrected chi connectivity index (χ3v) is 4.69. The third kappa shape index (κ3) is 2.16. The molecular weight excluding hydrogens is 252 g/mol. The molecule has 4 nitrogen and oxygen atoms in total. The molecule has 0 radical (unpaired) electrons. The summed E-state index contributed by atoms with van der Waals surface area (Å²) in [5.41, 5.74) is 3.36. The molecule has 0 saturated carbocycles. The van der Waals surface area contributed by atoms with E-state index in [-0.39, 0.29) is 17.4 Å². The predicted octanol–water partition coefficient (Wildman–Crippen LogP) is 2.25. The average Bonchev–Trinajstić information content (AvgIpc) is 2.66. The molecule has 1 saturated heterocycles. The summed E-state index contributed by atoms with van der Waals surface area (Å²) in [5.74, 6) is 0.121. The van der Waals surface area contributed by atoms with Gasteiger partial charge in [-0.15, -0.1) is 0 Å². The van der Waals surface area contributed by atoms with Crippen molar-refractivity contribution in [2.75, 3.05) is 6.54 Å². The molecule has 0 bridgehead atoms. The van der Waals surface area contributed by atoms with E-state index in [1.807, 2.05) is 6.92 Å². The number of aryl methyl sites for hydroxylation is 1. The fourth-order valence-corrected chi connectivity index (χ4v) is 3.80. The van der Waals surface area contributed by atoms with E-state index in [9.17, 15) is 9.90 Å². The summed E-state index contributed by atoms with van der Waals surface area (Å²) >= 11 is 0. The first-order valence-electron chi connectivity index (χ1n) is 7.55. The van der Waals surface area contributed by atoms with Gasteiger partial charge in [0, 0.05) is 23.5 Å². The number of amides is 1. The van der Waals surface area contributed by atoms with E-state index >= 15 is 0 Å². The van der Waals surface area contributed by atoms with Crippen molar-refractivity contribution >= 4 is 5.91 Å². The van der Waals surface area contributed by atoms with Crippen LogP contribution in [0.1, 0.15) is 62.2 Å². The Morgan fingerprint density at radius 3 is 2.90 bits per heavy atom. The molecule has 1 aliphatic carbocycles. The number of hydrogen-bond donors (Lipinski definition) is 2. The van der Waals surface area contributed by atoms with Crippen LogP contribution in [0.2, 0.25) is 0 Å². The monoisotopic (exact) mass is 276 g/mol. The van der Waals surface area contributed by atoms with E-state index in [2.05, 4.69) is 29.8 Å². The van der Waals surface area contributed by atoms with Crippen molar-refractivity contribution in [1.29, 1.82) is 0 Å². The molecule has 1 fully saturated rings. The smallest absolute Gasteiger partial charge is 0.243 e. The lowest BCUT2D eigenvalue weighted by Gasteiger charge is -2.35. The van der Waals surface area contributed by atoms with E-state index in [1.54, 1.807) is 0 Å². The van der Waals surface area contributed by atoms with Crippen LogP contribution >= 0.6 is 0 Å². The maximum absolute atomic E-state index is 12.2. The zero-order valence-electron chi connectivity index (χ0n) is 12.6. The van der Waals surface area contributed by atoms with Gasteiger partial charge in [0.2, 0.25) is 5.91 Å². The molecular formula is C16H24N2O2. The molecule has 20 heavy (non-hydrogen) atoms. The molecule has 1 amide bonds. The summed E-state index contributed by atoms with van der Waals surface area (Å²) in [4.78, 5) is 12.2. The minimum Gasteiger partial charge on any atom is -0.388 e. The lowest BCUT2D eigenvalue weighted by Crippen LogP contribution is -2.39. The molecule has 2 heterocycles. The molecule has 110 valence electrons. The second-order valence-electron chi connectivity index (χ2n) is 7.07. The number of carbonyl (C=O) groups excluding carboxylic acids is 1. The molecule has 2 aliphatic rings. The van der Waals surface area contributed by atoms with Crippen LogP contribution in [0, 0.1) is 12.3 Å². The van der Waals surface area contributed by atoms with Crippen LogP contribution in [0.4, 0.5) is 0 Å². The Morgan fingerprint density at radius 2 is 2.20 bits per heavy atom. The Labute approximate surface area is 120 Å². The van der Waals surface area contributed by atoms with Crippen LogP contribution < -0.4 is 5.32 Å². The first kappa shape index (κ1) is 13.7. The quantitative estimate of drug-likeness (QED) is 0.826. The summed E-state index contributed by atoms with van der Waals surface area (Å²) in [5, 5.41) is 13.3. The number of fused-ring (bicyclic) bond motifs is 1. The van der Waals surface area contributed by atoms with Gasteiger partial charge in [-0.05, 0) is 44.1 Å². The lowest BCUT2D eigenvalue weighted by atomic mass is 9.75. The number of aliphatic hydroxyl groups is 1. The Balaban J connectivity index is 2.06. The normalized spacial score (nSPS) is 28.9. The zero-order valence-corrected chi connectivity index (χ0v) is 12.6. The molecule has 3 rings (SSSR count). The van der Waals surface area contributed by atoms with Gasteiger partial charge in [0.1, 0.15) is 6.04 Å². The summed E-state index contributed by atoms with van der Waals surface area (Å²) in [6.07, 6.45) is 3.23. The highest BCUT2D eigenvalue weighted by Gasteiger charge is 2.37. The minimum atomic E-state index is -0.402. The number of hydrogen-bond acceptors (Lipinski definition) is 2. The van der Waals surface area contributed by atoms with Gasteiger partial charge in [-0.2, -0.15) is 0 Å². The van der Waals surface area contributed by atoms with Crippen LogP contribution in [-0.2, 0) is 11.2 Å². The summed E-state index contributed by atoms with van der Waals surface area (Å²) in [7, 11) is 0. The Kier molecular flexibility index (Phi) is 3.16. The molecule has 2 unspecified atom stereocenters. The highest BCUT2D eigenvalue weighted by Crippen LogP contribution is 2.43. The van der Waals surface area contributed by atoms with Gasteiger partial charge in [-0.3, -0.25) is 4.79 Å². The third-order valence-electron chi connectivity index (χ3n) is 4.69. The fraction of sp³-hybridized carbons (Fsp3) is 0.688. The maximum Gasteiger partial charge on any atom is 0.243 e. The van der Waals surface area contributed by atoms with Crippen molar-refractivity contribution in [3.63, 3.8) is 0 Å². The van der Waals surface area contributed by atoms with E-state index in [1.165, 1.54) is 0 Å². The SMILES string of the molecule is Cc1cc2c(n1C1CCCNC1=O)CC(C)(C)CC2O. The molecule has 0 aromatic carbocycles. The summed E-state index contributed by atoms with van der Waals surface area (Å²) in [6.45, 7) is 7.20. The number of piperidine rings is 1. The lowest BCUT2D eigenvalue weighted by molar-refractivity contribution is -0.126. The van der Waals surface area contributed by atoms with Crippen LogP contribution in [-0.4, -0.2) is 22.1 Å². The van der Waals surface area contributed by atoms with Crippen molar-refractivity contribution in [3.05, 3.63) is 23.0 Å². The zero-order chi connectivity index (χ0) is 14.5. The highest BCUT2D eigenvalue weighted by molar-refractivity contribution is 5.81. The fourth-order valence-electron chi connectivity index (χ4n) is 3.80. The molecule has 1 aromatic heterocycles. The highest BCUT2D eigenvalue weighted by atomic mass is 16.3. The molecule has 1 aromatic rings. The molecule has 2 atom stereocenters. The largest absolute Gasteiger partial charge is 0.388 e. The first-order chi connectivity index (χ1) is 9.39. The van der Waals surface area contributed by atoms with Crippen molar-refractivity contribution in [1.82, 2.24) is 9.88 Å². The van der Waals surface area contributed by atoms with Crippen molar-refractivity contribution < 1.29 is 9.90 Å². The maximum atomic E-state index is 12.2. The second-order valence-corrected chi connectivity index (χ2v) is 7.07. The first-order valence-corrected chi connectivity index (χ1v) is 7.55. The Bertz CT molecular complexity index is 545. The van der Waals surface area contributed by atoms with Crippen molar-refractivity contribution in [2.45, 2.75) is 58.6 Å². The van der Waals surface area contributed by atoms with Crippen LogP contribution in [0.3, 0.4) is 0 Å². The van der Waals surface area contributed by atoms with Gasteiger partial charge >= 0.3 is 0 Å². The van der Waals surface area contributed by atoms with Gasteiger partial charge in [0.05, 0.1) is 6.10 Å². The van der Waals surface area contributed by atoms with Gasteiger partial charge < -0.3 is 15.0 Å². The van der Waals surface area contributed by atoms with Crippen molar-refractivity contribution in [3.8, 4) is 0 Å². The standard InChI is InChI=1S/C16H24N2O2/c1-10-7-11-13(8-16(2,3)9-14(11)19)18(10)12-5-4-6-17-15(12)20/h7,12,14,19H,4-6,8-9H2,1-3H3,(H,17,20). The number of nitrogens with one attached hydrogen (secondary N) is 1. The number of nitrogens with zero attached hydrogens (tertiary/aromatic N) is 1. The molecule has 0 spiro atoms. The van der Waals surface area contributed by atoms with Gasteiger partial charge in [0.25, 0.3) is 0 Å². The summed E-state index contributed by atoms with van der Waals surface area (Å²) in [6, 6.07) is 1.96. The summed E-state index contributed by atoms with van der Waals surface area (Å²) < 4.78 is 2.17. The topological polar surface area (TPSA) is 54.3 Å². The van der Waals surface area contributed by atoms with E-state index in [0.29, 0.717) is 0 Å². The average molecular weight is 276 g/mol. The number of carbonyl (C=O) groups is 1. The van der Waals surface area contributed by atoms with Gasteiger partial charge in [0.15, 0.2) is 0 Å². The van der Waals surface area contributed by atoms with Crippen LogP contribution in [0.15, 0.2) is 6.07 Å². The van der Waals surface area contributed by atoms with Crippen molar-refractivity contribution in [2.24, 2.45) is 5.41 Å². The molecule has 4 heteroatoms. The van der Waals surface area contributed by atoms with Gasteiger partial charge in [-0.1, -0.05) is 13.8 Å². The van der Waals surface area contributed by atoms with E-state index in [0.717, 1.165) is 49.2 Å². The number of aliphatic hydroxyl groups excluding tert-OH is 1.